The minimum absolute atomic E-state index is 0.0415. The second kappa shape index (κ2) is 7.58. The van der Waals surface area contributed by atoms with Crippen molar-refractivity contribution < 1.29 is 14.7 Å². The number of amides is 1. The molecule has 8 heteroatoms. The first kappa shape index (κ1) is 17.3. The molecular weight excluding hydrogens is 362 g/mol. The van der Waals surface area contributed by atoms with Gasteiger partial charge in [0.15, 0.2) is 5.16 Å². The molecule has 0 aliphatic heterocycles. The Bertz CT molecular complexity index is 925. The highest BCUT2D eigenvalue weighted by molar-refractivity contribution is 7.99. The number of carbonyl (C=O) groups is 2. The minimum Gasteiger partial charge on any atom is -0.481 e. The summed E-state index contributed by atoms with van der Waals surface area (Å²) in [5, 5.41) is 12.8. The number of rotatable bonds is 6. The van der Waals surface area contributed by atoms with Crippen LogP contribution in [0.3, 0.4) is 0 Å². The molecular formula is C17H14ClN3O3S. The summed E-state index contributed by atoms with van der Waals surface area (Å²) >= 11 is 7.22. The Labute approximate surface area is 152 Å². The van der Waals surface area contributed by atoms with Crippen LogP contribution in [0.2, 0.25) is 5.02 Å². The zero-order chi connectivity index (χ0) is 17.8. The van der Waals surface area contributed by atoms with Crippen molar-refractivity contribution in [2.24, 2.45) is 0 Å². The number of fused-ring (bicyclic) bond motifs is 1. The van der Waals surface area contributed by atoms with Gasteiger partial charge >= 0.3 is 5.97 Å². The SMILES string of the molecule is O=C(O)Cc1ccc(NC(=O)CSc2nc3ccc(Cl)cc3[nH]2)cc1. The van der Waals surface area contributed by atoms with Crippen molar-refractivity contribution >= 4 is 52.0 Å². The lowest BCUT2D eigenvalue weighted by Gasteiger charge is -2.05. The molecule has 0 atom stereocenters. The Hall–Kier alpha value is -2.51. The molecule has 1 aromatic heterocycles. The zero-order valence-electron chi connectivity index (χ0n) is 13.0. The van der Waals surface area contributed by atoms with E-state index in [9.17, 15) is 9.59 Å². The molecule has 3 aromatic rings. The Morgan fingerprint density at radius 3 is 2.68 bits per heavy atom. The van der Waals surface area contributed by atoms with Gasteiger partial charge in [0.1, 0.15) is 0 Å². The average Bonchev–Trinajstić information content (AvgIpc) is 2.96. The number of hydrogen-bond acceptors (Lipinski definition) is 4. The number of aromatic nitrogens is 2. The summed E-state index contributed by atoms with van der Waals surface area (Å²) in [5.41, 5.74) is 2.92. The second-order valence-electron chi connectivity index (χ2n) is 5.31. The maximum absolute atomic E-state index is 12.0. The molecule has 0 saturated heterocycles. The number of aromatic amines is 1. The van der Waals surface area contributed by atoms with E-state index in [0.29, 0.717) is 21.4 Å². The molecule has 1 amide bonds. The van der Waals surface area contributed by atoms with Gasteiger partial charge in [0.25, 0.3) is 0 Å². The van der Waals surface area contributed by atoms with Crippen molar-refractivity contribution in [2.75, 3.05) is 11.1 Å². The summed E-state index contributed by atoms with van der Waals surface area (Å²) in [7, 11) is 0. The molecule has 2 aromatic carbocycles. The van der Waals surface area contributed by atoms with Crippen LogP contribution < -0.4 is 5.32 Å². The second-order valence-corrected chi connectivity index (χ2v) is 6.71. The van der Waals surface area contributed by atoms with E-state index in [1.54, 1.807) is 36.4 Å². The number of carbonyl (C=O) groups excluding carboxylic acids is 1. The van der Waals surface area contributed by atoms with Crippen LogP contribution in [0.4, 0.5) is 5.69 Å². The van der Waals surface area contributed by atoms with Gasteiger partial charge in [0, 0.05) is 10.7 Å². The van der Waals surface area contributed by atoms with Crippen molar-refractivity contribution in [1.82, 2.24) is 9.97 Å². The monoisotopic (exact) mass is 375 g/mol. The summed E-state index contributed by atoms with van der Waals surface area (Å²) in [4.78, 5) is 30.2. The normalized spacial score (nSPS) is 10.8. The molecule has 0 aliphatic rings. The standard InChI is InChI=1S/C17H14ClN3O3S/c18-11-3-6-13-14(8-11)21-17(20-13)25-9-15(22)19-12-4-1-10(2-5-12)7-16(23)24/h1-6,8H,7,9H2,(H,19,22)(H,20,21)(H,23,24). The van der Waals surface area contributed by atoms with E-state index in [2.05, 4.69) is 15.3 Å². The summed E-state index contributed by atoms with van der Waals surface area (Å²) in [6.07, 6.45) is -0.0415. The molecule has 0 bridgehead atoms. The maximum atomic E-state index is 12.0. The van der Waals surface area contributed by atoms with Crippen molar-refractivity contribution in [3.8, 4) is 0 Å². The number of nitrogens with zero attached hydrogens (tertiary/aromatic N) is 1. The lowest BCUT2D eigenvalue weighted by atomic mass is 10.1. The van der Waals surface area contributed by atoms with Gasteiger partial charge in [-0.1, -0.05) is 35.5 Å². The van der Waals surface area contributed by atoms with E-state index in [1.807, 2.05) is 6.07 Å². The predicted molar refractivity (Wildman–Crippen MR) is 98.2 cm³/mol. The summed E-state index contributed by atoms with van der Waals surface area (Å²) in [6.45, 7) is 0. The Morgan fingerprint density at radius 1 is 1.20 bits per heavy atom. The highest BCUT2D eigenvalue weighted by Gasteiger charge is 2.08. The average molecular weight is 376 g/mol. The molecule has 3 N–H and O–H groups in total. The third-order valence-electron chi connectivity index (χ3n) is 3.36. The van der Waals surface area contributed by atoms with Crippen molar-refractivity contribution in [1.29, 1.82) is 0 Å². The molecule has 0 spiro atoms. The fraction of sp³-hybridized carbons (Fsp3) is 0.118. The lowest BCUT2D eigenvalue weighted by molar-refractivity contribution is -0.136. The van der Waals surface area contributed by atoms with Crippen molar-refractivity contribution in [3.63, 3.8) is 0 Å². The van der Waals surface area contributed by atoms with Gasteiger partial charge < -0.3 is 15.4 Å². The van der Waals surface area contributed by atoms with Crippen LogP contribution in [0.25, 0.3) is 11.0 Å². The number of thioether (sulfide) groups is 1. The van der Waals surface area contributed by atoms with Gasteiger partial charge in [-0.05, 0) is 35.9 Å². The Kier molecular flexibility index (Phi) is 5.25. The van der Waals surface area contributed by atoms with Crippen LogP contribution in [0, 0.1) is 0 Å². The molecule has 6 nitrogen and oxygen atoms in total. The van der Waals surface area contributed by atoms with Crippen LogP contribution in [0.15, 0.2) is 47.6 Å². The van der Waals surface area contributed by atoms with Crippen LogP contribution in [-0.2, 0) is 16.0 Å². The Morgan fingerprint density at radius 2 is 1.96 bits per heavy atom. The van der Waals surface area contributed by atoms with Gasteiger partial charge in [-0.25, -0.2) is 4.98 Å². The number of carboxylic acids is 1. The third-order valence-corrected chi connectivity index (χ3v) is 4.46. The first-order valence-electron chi connectivity index (χ1n) is 7.38. The van der Waals surface area contributed by atoms with E-state index in [1.165, 1.54) is 11.8 Å². The van der Waals surface area contributed by atoms with E-state index in [4.69, 9.17) is 16.7 Å². The van der Waals surface area contributed by atoms with Gasteiger partial charge in [-0.2, -0.15) is 0 Å². The lowest BCUT2D eigenvalue weighted by Crippen LogP contribution is -2.14. The number of imidazole rings is 1. The molecule has 0 fully saturated rings. The number of H-pyrrole nitrogens is 1. The summed E-state index contributed by atoms with van der Waals surface area (Å²) in [6, 6.07) is 12.1. The van der Waals surface area contributed by atoms with E-state index < -0.39 is 5.97 Å². The highest BCUT2D eigenvalue weighted by atomic mass is 35.5. The molecule has 3 rings (SSSR count). The number of benzene rings is 2. The highest BCUT2D eigenvalue weighted by Crippen LogP contribution is 2.22. The van der Waals surface area contributed by atoms with Crippen molar-refractivity contribution in [2.45, 2.75) is 11.6 Å². The number of nitrogens with one attached hydrogen (secondary N) is 2. The molecule has 0 radical (unpaired) electrons. The van der Waals surface area contributed by atoms with E-state index in [0.717, 1.165) is 11.0 Å². The Balaban J connectivity index is 1.55. The first-order valence-corrected chi connectivity index (χ1v) is 8.74. The molecule has 25 heavy (non-hydrogen) atoms. The predicted octanol–water partition coefficient (Wildman–Crippen LogP) is 3.57. The molecule has 1 heterocycles. The van der Waals surface area contributed by atoms with Crippen LogP contribution in [0.1, 0.15) is 5.56 Å². The van der Waals surface area contributed by atoms with Crippen LogP contribution in [-0.4, -0.2) is 32.7 Å². The minimum atomic E-state index is -0.889. The summed E-state index contributed by atoms with van der Waals surface area (Å²) < 4.78 is 0. The zero-order valence-corrected chi connectivity index (χ0v) is 14.5. The molecule has 0 unspecified atom stereocenters. The molecule has 128 valence electrons. The van der Waals surface area contributed by atoms with Gasteiger partial charge in [-0.3, -0.25) is 9.59 Å². The number of aliphatic carboxylic acids is 1. The number of anilines is 1. The van der Waals surface area contributed by atoms with Gasteiger partial charge in [0.2, 0.25) is 5.91 Å². The van der Waals surface area contributed by atoms with Crippen molar-refractivity contribution in [3.05, 3.63) is 53.1 Å². The molecule has 0 saturated carbocycles. The number of halogens is 1. The topological polar surface area (TPSA) is 95.1 Å². The number of carboxylic acid groups (broad SMARTS) is 1. The van der Waals surface area contributed by atoms with Crippen LogP contribution in [0.5, 0.6) is 0 Å². The number of hydrogen-bond donors (Lipinski definition) is 3. The van der Waals surface area contributed by atoms with E-state index >= 15 is 0 Å². The fourth-order valence-corrected chi connectivity index (χ4v) is 3.10. The largest absolute Gasteiger partial charge is 0.481 e. The first-order chi connectivity index (χ1) is 12.0. The fourth-order valence-electron chi connectivity index (χ4n) is 2.24. The van der Waals surface area contributed by atoms with E-state index in [-0.39, 0.29) is 18.1 Å². The maximum Gasteiger partial charge on any atom is 0.307 e. The van der Waals surface area contributed by atoms with Crippen LogP contribution >= 0.6 is 23.4 Å². The van der Waals surface area contributed by atoms with Gasteiger partial charge in [-0.15, -0.1) is 0 Å². The van der Waals surface area contributed by atoms with Gasteiger partial charge in [0.05, 0.1) is 23.2 Å². The summed E-state index contributed by atoms with van der Waals surface area (Å²) in [5.74, 6) is -0.862. The smallest absolute Gasteiger partial charge is 0.307 e. The third kappa shape index (κ3) is 4.74. The molecule has 0 aliphatic carbocycles. The quantitative estimate of drug-likeness (QED) is 0.572.